The Morgan fingerprint density at radius 1 is 0.634 bits per heavy atom. The number of hydrogen-bond acceptors (Lipinski definition) is 3. The maximum absolute atomic E-state index is 7.93. The van der Waals surface area contributed by atoms with Gasteiger partial charge in [0.1, 0.15) is 5.76 Å². The van der Waals surface area contributed by atoms with Gasteiger partial charge in [-0.15, -0.1) is 0 Å². The Morgan fingerprint density at radius 3 is 1.80 bits per heavy atom. The number of hydrogen-bond donors (Lipinski definition) is 0. The molecule has 0 bridgehead atoms. The van der Waals surface area contributed by atoms with Gasteiger partial charge in [-0.25, -0.2) is 0 Å². The zero-order valence-electron chi connectivity index (χ0n) is 49.5. The lowest BCUT2D eigenvalue weighted by Crippen LogP contribution is -2.68. The van der Waals surface area contributed by atoms with Crippen LogP contribution in [0.25, 0.3) is 0 Å². The minimum atomic E-state index is -0.309. The lowest BCUT2D eigenvalue weighted by Gasteiger charge is -2.59. The fraction of sp³-hybridized carbons (Fsp3) is 0.672. The van der Waals surface area contributed by atoms with Crippen molar-refractivity contribution in [1.29, 1.82) is 0 Å². The SMILES string of the molecule is CCC(C)(C)C1C=C(C)C(N2c3cc(C(C)(C)C)cc4c3B(c3c(oc5c3C(C)(C)CCC5(C)C)N4C3C=CC4=C(C3)C(C)(C)CCC4(C)C)C3(C)C=C4C(=CC23)C(C)(C)CCC4(C)C)=CC1C(C)(C)C. The summed E-state index contributed by atoms with van der Waals surface area (Å²) in [6, 6.07) is 5.54. The van der Waals surface area contributed by atoms with Crippen LogP contribution < -0.4 is 20.7 Å². The summed E-state index contributed by atoms with van der Waals surface area (Å²) >= 11 is 0. The molecule has 0 saturated heterocycles. The Balaban J connectivity index is 1.35. The summed E-state index contributed by atoms with van der Waals surface area (Å²) in [6.45, 7) is 57.8. The summed E-state index contributed by atoms with van der Waals surface area (Å²) in [5.74, 6) is 3.19. The van der Waals surface area contributed by atoms with Crippen LogP contribution in [0.15, 0.2) is 86.6 Å². The second kappa shape index (κ2) is 15.4. The standard InChI is InChI=1S/C67H97BN2O/c1-24-60(9,10)45-33-40(2)49(37-44(45)59(6,7)8)70-51-35-41(58(3,4)5)34-50-54(51)68(67(23)39-48-47(38-52(67)70)63(15,16)29-30-64(48,17)18)55-53-56(66(21,22)32-31-65(53,19)20)71-57(55)69(50)42-25-26-43-46(36-42)62(13,14)28-27-61(43,11)12/h25-26,33-35,37-39,42,44-45,52H,24,27-32,36H2,1-23H3. The molecule has 6 aliphatic carbocycles. The maximum Gasteiger partial charge on any atom is 0.234 e. The molecule has 5 unspecified atom stereocenters. The van der Waals surface area contributed by atoms with Crippen LogP contribution in [0.1, 0.15) is 227 Å². The molecule has 1 saturated carbocycles. The molecule has 2 aliphatic heterocycles. The Kier molecular flexibility index (Phi) is 11.1. The van der Waals surface area contributed by atoms with Crippen LogP contribution in [0.2, 0.25) is 5.31 Å². The first-order valence-corrected chi connectivity index (χ1v) is 28.6. The van der Waals surface area contributed by atoms with Crippen LogP contribution in [-0.2, 0) is 16.2 Å². The van der Waals surface area contributed by atoms with Crippen molar-refractivity contribution in [3.63, 3.8) is 0 Å². The third-order valence-corrected chi connectivity index (χ3v) is 21.5. The van der Waals surface area contributed by atoms with Gasteiger partial charge in [0.25, 0.3) is 0 Å². The van der Waals surface area contributed by atoms with Gasteiger partial charge in [0, 0.05) is 22.5 Å². The van der Waals surface area contributed by atoms with Crippen LogP contribution in [0, 0.1) is 44.3 Å². The molecule has 1 fully saturated rings. The molecule has 4 heteroatoms. The molecule has 384 valence electrons. The summed E-state index contributed by atoms with van der Waals surface area (Å²) in [7, 11) is 0. The van der Waals surface area contributed by atoms with Gasteiger partial charge >= 0.3 is 0 Å². The Morgan fingerprint density at radius 2 is 1.20 bits per heavy atom. The summed E-state index contributed by atoms with van der Waals surface area (Å²) in [5, 5.41) is -0.309. The summed E-state index contributed by atoms with van der Waals surface area (Å²) in [4.78, 5) is 5.75. The van der Waals surface area contributed by atoms with Crippen molar-refractivity contribution < 1.29 is 4.42 Å². The lowest BCUT2D eigenvalue weighted by atomic mass is 9.22. The fourth-order valence-corrected chi connectivity index (χ4v) is 15.8. The molecule has 3 nitrogen and oxygen atoms in total. The normalized spacial score (nSPS) is 30.7. The van der Waals surface area contributed by atoms with Gasteiger partial charge in [-0.2, -0.15) is 0 Å². The number of allylic oxidation sites excluding steroid dienone is 7. The zero-order chi connectivity index (χ0) is 52.1. The van der Waals surface area contributed by atoms with Crippen molar-refractivity contribution in [2.24, 2.45) is 44.3 Å². The minimum Gasteiger partial charge on any atom is -0.445 e. The van der Waals surface area contributed by atoms with E-state index in [9.17, 15) is 0 Å². The van der Waals surface area contributed by atoms with Crippen LogP contribution in [0.4, 0.5) is 17.3 Å². The van der Waals surface area contributed by atoms with Crippen molar-refractivity contribution in [2.75, 3.05) is 9.80 Å². The lowest BCUT2D eigenvalue weighted by molar-refractivity contribution is 0.121. The number of benzene rings is 1. The first kappa shape index (κ1) is 51.1. The van der Waals surface area contributed by atoms with Gasteiger partial charge in [-0.05, 0) is 169 Å². The number of nitrogens with zero attached hydrogens (tertiary/aromatic N) is 2. The highest BCUT2D eigenvalue weighted by Gasteiger charge is 2.63. The molecule has 10 rings (SSSR count). The van der Waals surface area contributed by atoms with E-state index in [1.807, 2.05) is 0 Å². The largest absolute Gasteiger partial charge is 0.445 e. The molecule has 1 aromatic carbocycles. The van der Waals surface area contributed by atoms with Crippen LogP contribution in [-0.4, -0.2) is 18.8 Å². The van der Waals surface area contributed by atoms with Gasteiger partial charge < -0.3 is 14.2 Å². The molecule has 0 radical (unpaired) electrons. The van der Waals surface area contributed by atoms with Crippen LogP contribution in [0.5, 0.6) is 0 Å². The summed E-state index contributed by atoms with van der Waals surface area (Å²) < 4.78 is 7.93. The van der Waals surface area contributed by atoms with E-state index < -0.39 is 0 Å². The summed E-state index contributed by atoms with van der Waals surface area (Å²) in [5.41, 5.74) is 18.4. The molecule has 1 aromatic heterocycles. The van der Waals surface area contributed by atoms with Crippen molar-refractivity contribution >= 4 is 34.9 Å². The molecule has 5 atom stereocenters. The van der Waals surface area contributed by atoms with Gasteiger partial charge in [-0.3, -0.25) is 0 Å². The van der Waals surface area contributed by atoms with Crippen molar-refractivity contribution in [3.05, 3.63) is 99.0 Å². The number of rotatable bonds is 4. The Labute approximate surface area is 434 Å². The zero-order valence-corrected chi connectivity index (χ0v) is 49.5. The molecule has 8 aliphatic rings. The van der Waals surface area contributed by atoms with Crippen molar-refractivity contribution in [1.82, 2.24) is 0 Å². The highest BCUT2D eigenvalue weighted by Crippen LogP contribution is 2.64. The van der Waals surface area contributed by atoms with Crippen molar-refractivity contribution in [2.45, 2.75) is 244 Å². The van der Waals surface area contributed by atoms with Gasteiger partial charge in [0.05, 0.1) is 12.1 Å². The number of anilines is 3. The third kappa shape index (κ3) is 7.49. The predicted molar refractivity (Wildman–Crippen MR) is 308 cm³/mol. The average Bonchev–Trinajstić information content (AvgIpc) is 3.67. The van der Waals surface area contributed by atoms with E-state index in [2.05, 4.69) is 218 Å². The molecule has 0 spiro atoms. The second-order valence-corrected chi connectivity index (χ2v) is 31.8. The first-order valence-electron chi connectivity index (χ1n) is 28.6. The summed E-state index contributed by atoms with van der Waals surface area (Å²) in [6.07, 6.45) is 25.7. The van der Waals surface area contributed by atoms with E-state index in [0.29, 0.717) is 11.8 Å². The van der Waals surface area contributed by atoms with Gasteiger partial charge in [-0.1, -0.05) is 201 Å². The first-order chi connectivity index (χ1) is 32.4. The van der Waals surface area contributed by atoms with Crippen LogP contribution >= 0.6 is 0 Å². The minimum absolute atomic E-state index is 0.0474. The molecule has 3 heterocycles. The molecule has 0 N–H and O–H groups in total. The highest BCUT2D eigenvalue weighted by molar-refractivity contribution is 6.93. The molecule has 2 aromatic rings. The Hall–Kier alpha value is -3.40. The van der Waals surface area contributed by atoms with E-state index in [4.69, 9.17) is 4.42 Å². The quantitative estimate of drug-likeness (QED) is 0.285. The molecule has 71 heavy (non-hydrogen) atoms. The van der Waals surface area contributed by atoms with E-state index in [1.54, 1.807) is 22.3 Å². The molecular weight excluding hydrogens is 860 g/mol. The number of fused-ring (bicyclic) bond motifs is 7. The van der Waals surface area contributed by atoms with E-state index in [-0.39, 0.29) is 72.8 Å². The predicted octanol–water partition coefficient (Wildman–Crippen LogP) is 17.7. The highest BCUT2D eigenvalue weighted by atomic mass is 16.4. The molecule has 0 amide bonds. The fourth-order valence-electron chi connectivity index (χ4n) is 15.8. The number of furan rings is 1. The molecular formula is C67H97BN2O. The topological polar surface area (TPSA) is 19.6 Å². The Bertz CT molecular complexity index is 2780. The van der Waals surface area contributed by atoms with Gasteiger partial charge in [0.2, 0.25) is 6.71 Å². The van der Waals surface area contributed by atoms with E-state index in [0.717, 1.165) is 31.6 Å². The monoisotopic (exact) mass is 957 g/mol. The smallest absolute Gasteiger partial charge is 0.234 e. The van der Waals surface area contributed by atoms with Gasteiger partial charge in [0.15, 0.2) is 5.88 Å². The average molecular weight is 957 g/mol. The second-order valence-electron chi connectivity index (χ2n) is 31.8. The van der Waals surface area contributed by atoms with Crippen LogP contribution in [0.3, 0.4) is 0 Å². The van der Waals surface area contributed by atoms with Crippen molar-refractivity contribution in [3.8, 4) is 0 Å². The van der Waals surface area contributed by atoms with E-state index >= 15 is 0 Å². The third-order valence-electron chi connectivity index (χ3n) is 21.5. The van der Waals surface area contributed by atoms with E-state index in [1.165, 1.54) is 76.1 Å². The maximum atomic E-state index is 7.93.